The van der Waals surface area contributed by atoms with Gasteiger partial charge < -0.3 is 15.6 Å². The minimum absolute atomic E-state index is 0.0384. The average Bonchev–Trinajstić information content (AvgIpc) is 2.39. The van der Waals surface area contributed by atoms with Crippen LogP contribution in [-0.2, 0) is 14.8 Å². The molecule has 3 N–H and O–H groups in total. The van der Waals surface area contributed by atoms with Gasteiger partial charge in [0.2, 0.25) is 10.0 Å². The Kier molecular flexibility index (Phi) is 3.74. The fraction of sp³-hybridized carbons (Fsp3) is 0.364. The summed E-state index contributed by atoms with van der Waals surface area (Å²) in [6.07, 6.45) is 0. The van der Waals surface area contributed by atoms with Crippen molar-refractivity contribution in [2.45, 2.75) is 4.90 Å². The second-order valence-electron chi connectivity index (χ2n) is 4.07. The SMILES string of the molecule is Nc1ccc(C(=O)O)cc1S(=O)(=O)N1CCOCC1. The summed E-state index contributed by atoms with van der Waals surface area (Å²) in [5.74, 6) is -1.20. The number of morpholine rings is 1. The van der Waals surface area contributed by atoms with Crippen LogP contribution in [0.4, 0.5) is 5.69 Å². The molecule has 2 rings (SSSR count). The van der Waals surface area contributed by atoms with Gasteiger partial charge >= 0.3 is 5.97 Å². The number of rotatable bonds is 3. The predicted octanol–water partition coefficient (Wildman–Crippen LogP) is -0.0121. The van der Waals surface area contributed by atoms with Crippen LogP contribution >= 0.6 is 0 Å². The first kappa shape index (κ1) is 13.8. The topological polar surface area (TPSA) is 110 Å². The number of hydrogen-bond donors (Lipinski definition) is 2. The number of sulfonamides is 1. The number of anilines is 1. The maximum Gasteiger partial charge on any atom is 0.335 e. The van der Waals surface area contributed by atoms with Crippen LogP contribution in [0.3, 0.4) is 0 Å². The molecule has 8 heteroatoms. The molecule has 0 radical (unpaired) electrons. The van der Waals surface area contributed by atoms with Crippen molar-refractivity contribution in [2.24, 2.45) is 0 Å². The molecule has 0 aliphatic carbocycles. The largest absolute Gasteiger partial charge is 0.478 e. The first-order valence-electron chi connectivity index (χ1n) is 5.63. The number of nitrogens with two attached hydrogens (primary N) is 1. The van der Waals surface area contributed by atoms with E-state index < -0.39 is 16.0 Å². The maximum atomic E-state index is 12.4. The Labute approximate surface area is 110 Å². The van der Waals surface area contributed by atoms with E-state index in [-0.39, 0.29) is 29.2 Å². The highest BCUT2D eigenvalue weighted by Gasteiger charge is 2.28. The van der Waals surface area contributed by atoms with Gasteiger partial charge in [-0.1, -0.05) is 0 Å². The molecule has 1 aliphatic rings. The second kappa shape index (κ2) is 5.16. The van der Waals surface area contributed by atoms with E-state index in [9.17, 15) is 13.2 Å². The zero-order valence-corrected chi connectivity index (χ0v) is 10.9. The Hall–Kier alpha value is -1.64. The number of carboxylic acids is 1. The monoisotopic (exact) mass is 286 g/mol. The van der Waals surface area contributed by atoms with Crippen molar-refractivity contribution < 1.29 is 23.1 Å². The third kappa shape index (κ3) is 2.70. The van der Waals surface area contributed by atoms with Gasteiger partial charge in [-0.05, 0) is 18.2 Å². The van der Waals surface area contributed by atoms with Crippen LogP contribution < -0.4 is 5.73 Å². The molecule has 1 aromatic rings. The number of hydrogen-bond acceptors (Lipinski definition) is 5. The van der Waals surface area contributed by atoms with Crippen molar-refractivity contribution in [3.05, 3.63) is 23.8 Å². The van der Waals surface area contributed by atoms with E-state index in [1.54, 1.807) is 0 Å². The van der Waals surface area contributed by atoms with Crippen molar-refractivity contribution in [3.63, 3.8) is 0 Å². The normalized spacial score (nSPS) is 17.3. The fourth-order valence-electron chi connectivity index (χ4n) is 1.82. The molecule has 1 heterocycles. The quantitative estimate of drug-likeness (QED) is 0.756. The third-order valence-corrected chi connectivity index (χ3v) is 4.80. The standard InChI is InChI=1S/C11H14N2O5S/c12-9-2-1-8(11(14)15)7-10(9)19(16,17)13-3-5-18-6-4-13/h1-2,7H,3-6,12H2,(H,14,15). The maximum absolute atomic E-state index is 12.4. The molecule has 0 unspecified atom stereocenters. The van der Waals surface area contributed by atoms with Gasteiger partial charge in [0.1, 0.15) is 4.90 Å². The highest BCUT2D eigenvalue weighted by atomic mass is 32.2. The summed E-state index contributed by atoms with van der Waals surface area (Å²) in [6.45, 7) is 1.10. The first-order chi connectivity index (χ1) is 8.93. The van der Waals surface area contributed by atoms with E-state index >= 15 is 0 Å². The first-order valence-corrected chi connectivity index (χ1v) is 7.07. The number of carbonyl (C=O) groups is 1. The van der Waals surface area contributed by atoms with Gasteiger partial charge in [0.25, 0.3) is 0 Å². The highest BCUT2D eigenvalue weighted by Crippen LogP contribution is 2.24. The molecular formula is C11H14N2O5S. The molecule has 0 atom stereocenters. The summed E-state index contributed by atoms with van der Waals surface area (Å²) >= 11 is 0. The number of carboxylic acid groups (broad SMARTS) is 1. The highest BCUT2D eigenvalue weighted by molar-refractivity contribution is 7.89. The Bertz CT molecular complexity index is 593. The Morgan fingerprint density at radius 3 is 2.53 bits per heavy atom. The molecule has 0 amide bonds. The molecule has 1 aliphatic heterocycles. The Morgan fingerprint density at radius 1 is 1.32 bits per heavy atom. The van der Waals surface area contributed by atoms with Crippen LogP contribution in [0.2, 0.25) is 0 Å². The molecule has 1 fully saturated rings. The Morgan fingerprint density at radius 2 is 1.95 bits per heavy atom. The third-order valence-electron chi connectivity index (χ3n) is 2.85. The lowest BCUT2D eigenvalue weighted by molar-refractivity contribution is 0.0696. The van der Waals surface area contributed by atoms with Crippen molar-refractivity contribution in [3.8, 4) is 0 Å². The zero-order valence-electron chi connectivity index (χ0n) is 10.1. The van der Waals surface area contributed by atoms with Gasteiger partial charge in [0.05, 0.1) is 24.5 Å². The van der Waals surface area contributed by atoms with Crippen LogP contribution in [0.1, 0.15) is 10.4 Å². The lowest BCUT2D eigenvalue weighted by atomic mass is 10.2. The zero-order chi connectivity index (χ0) is 14.0. The minimum Gasteiger partial charge on any atom is -0.478 e. The van der Waals surface area contributed by atoms with Gasteiger partial charge in [-0.15, -0.1) is 0 Å². The number of aromatic carboxylic acids is 1. The smallest absolute Gasteiger partial charge is 0.335 e. The minimum atomic E-state index is -3.78. The lowest BCUT2D eigenvalue weighted by Gasteiger charge is -2.26. The molecule has 0 spiro atoms. The Balaban J connectivity index is 2.44. The van der Waals surface area contributed by atoms with Crippen molar-refractivity contribution in [1.82, 2.24) is 4.31 Å². The molecule has 19 heavy (non-hydrogen) atoms. The second-order valence-corrected chi connectivity index (χ2v) is 5.98. The van der Waals surface area contributed by atoms with Gasteiger partial charge in [0.15, 0.2) is 0 Å². The summed E-state index contributed by atoms with van der Waals surface area (Å²) in [7, 11) is -3.78. The molecule has 0 bridgehead atoms. The van der Waals surface area contributed by atoms with Gasteiger partial charge in [-0.25, -0.2) is 13.2 Å². The van der Waals surface area contributed by atoms with E-state index in [1.165, 1.54) is 16.4 Å². The summed E-state index contributed by atoms with van der Waals surface area (Å²) < 4.78 is 31.1. The fourth-order valence-corrected chi connectivity index (χ4v) is 3.37. The van der Waals surface area contributed by atoms with E-state index in [4.69, 9.17) is 15.6 Å². The lowest BCUT2D eigenvalue weighted by Crippen LogP contribution is -2.40. The van der Waals surface area contributed by atoms with E-state index in [0.717, 1.165) is 6.07 Å². The van der Waals surface area contributed by atoms with Crippen LogP contribution in [0.15, 0.2) is 23.1 Å². The van der Waals surface area contributed by atoms with Crippen LogP contribution in [-0.4, -0.2) is 50.1 Å². The van der Waals surface area contributed by atoms with Crippen molar-refractivity contribution in [1.29, 1.82) is 0 Å². The van der Waals surface area contributed by atoms with Crippen molar-refractivity contribution >= 4 is 21.7 Å². The van der Waals surface area contributed by atoms with Gasteiger partial charge in [0, 0.05) is 13.1 Å². The van der Waals surface area contributed by atoms with E-state index in [0.29, 0.717) is 13.2 Å². The molecular weight excluding hydrogens is 272 g/mol. The summed E-state index contributed by atoms with van der Waals surface area (Å²) in [4.78, 5) is 10.7. The van der Waals surface area contributed by atoms with Gasteiger partial charge in [-0.2, -0.15) is 4.31 Å². The predicted molar refractivity (Wildman–Crippen MR) is 67.4 cm³/mol. The molecule has 7 nitrogen and oxygen atoms in total. The molecule has 0 aromatic heterocycles. The van der Waals surface area contributed by atoms with E-state index in [2.05, 4.69) is 0 Å². The van der Waals surface area contributed by atoms with Gasteiger partial charge in [-0.3, -0.25) is 0 Å². The van der Waals surface area contributed by atoms with Crippen LogP contribution in [0.5, 0.6) is 0 Å². The van der Waals surface area contributed by atoms with Crippen LogP contribution in [0.25, 0.3) is 0 Å². The summed E-state index contributed by atoms with van der Waals surface area (Å²) in [5, 5.41) is 8.91. The average molecular weight is 286 g/mol. The molecule has 104 valence electrons. The number of benzene rings is 1. The van der Waals surface area contributed by atoms with E-state index in [1.807, 2.05) is 0 Å². The summed E-state index contributed by atoms with van der Waals surface area (Å²) in [5.41, 5.74) is 5.58. The number of nitrogens with zero attached hydrogens (tertiary/aromatic N) is 1. The van der Waals surface area contributed by atoms with Crippen LogP contribution in [0, 0.1) is 0 Å². The van der Waals surface area contributed by atoms with Crippen molar-refractivity contribution in [2.75, 3.05) is 32.0 Å². The molecule has 1 aromatic carbocycles. The number of ether oxygens (including phenoxy) is 1. The molecule has 0 saturated carbocycles. The summed E-state index contributed by atoms with van der Waals surface area (Å²) in [6, 6.07) is 3.65. The number of nitrogen functional groups attached to an aromatic ring is 1. The molecule has 1 saturated heterocycles.